The van der Waals surface area contributed by atoms with Gasteiger partial charge in [0.25, 0.3) is 5.91 Å². The standard InChI is InChI=1S/C22H27NO2.C8H15NO3/c24-17-23-16-19-10-12-20(13-11-19)21-8-4-5-9-22(21)25-15-14-18-6-2-1-3-7-18;1-6(10)7(11)8(12)9-4-2-3-5-9/h4-5,8-13,17-18H,1-3,6-7,14-16H2,(H,23,24);6-7,10-11H,2-5H2,1H3/t;6-,7+/m.0/s1. The minimum absolute atomic E-state index is 0.345. The quantitative estimate of drug-likeness (QED) is 0.414. The van der Waals surface area contributed by atoms with E-state index in [2.05, 4.69) is 29.6 Å². The van der Waals surface area contributed by atoms with E-state index in [1.54, 1.807) is 4.90 Å². The topological polar surface area (TPSA) is 99.1 Å². The van der Waals surface area contributed by atoms with Crippen LogP contribution in [0.25, 0.3) is 11.1 Å². The van der Waals surface area contributed by atoms with Gasteiger partial charge in [0, 0.05) is 25.2 Å². The van der Waals surface area contributed by atoms with Gasteiger partial charge in [0.1, 0.15) is 5.75 Å². The lowest BCUT2D eigenvalue weighted by Gasteiger charge is -2.21. The van der Waals surface area contributed by atoms with Gasteiger partial charge < -0.3 is 25.2 Å². The smallest absolute Gasteiger partial charge is 0.254 e. The zero-order valence-corrected chi connectivity index (χ0v) is 22.0. The van der Waals surface area contributed by atoms with E-state index in [-0.39, 0.29) is 5.91 Å². The van der Waals surface area contributed by atoms with Crippen molar-refractivity contribution >= 4 is 12.3 Å². The Morgan fingerprint density at radius 1 is 1.03 bits per heavy atom. The van der Waals surface area contributed by atoms with E-state index in [1.807, 2.05) is 24.3 Å². The van der Waals surface area contributed by atoms with Crippen molar-refractivity contribution < 1.29 is 24.5 Å². The fraction of sp³-hybridized carbons (Fsp3) is 0.533. The van der Waals surface area contributed by atoms with Gasteiger partial charge in [-0.05, 0) is 49.3 Å². The van der Waals surface area contributed by atoms with E-state index in [0.717, 1.165) is 60.6 Å². The molecule has 2 fully saturated rings. The Morgan fingerprint density at radius 2 is 1.70 bits per heavy atom. The third-order valence-corrected chi connectivity index (χ3v) is 7.18. The number of hydrogen-bond donors (Lipinski definition) is 3. The third kappa shape index (κ3) is 9.17. The minimum Gasteiger partial charge on any atom is -0.493 e. The summed E-state index contributed by atoms with van der Waals surface area (Å²) in [6.45, 7) is 4.19. The summed E-state index contributed by atoms with van der Waals surface area (Å²) < 4.78 is 6.13. The van der Waals surface area contributed by atoms with E-state index in [9.17, 15) is 14.7 Å². The average molecular weight is 511 g/mol. The van der Waals surface area contributed by atoms with Crippen molar-refractivity contribution in [3.05, 3.63) is 54.1 Å². The van der Waals surface area contributed by atoms with Crippen LogP contribution < -0.4 is 10.1 Å². The molecule has 0 bridgehead atoms. The zero-order chi connectivity index (χ0) is 26.5. The number of hydrogen-bond acceptors (Lipinski definition) is 5. The lowest BCUT2D eigenvalue weighted by atomic mass is 9.87. The predicted molar refractivity (Wildman–Crippen MR) is 145 cm³/mol. The molecule has 1 heterocycles. The van der Waals surface area contributed by atoms with Crippen LogP contribution in [0, 0.1) is 5.92 Å². The van der Waals surface area contributed by atoms with Gasteiger partial charge >= 0.3 is 0 Å². The van der Waals surface area contributed by atoms with Crippen LogP contribution in [0.3, 0.4) is 0 Å². The zero-order valence-electron chi connectivity index (χ0n) is 22.0. The molecule has 1 saturated carbocycles. The van der Waals surface area contributed by atoms with Crippen LogP contribution in [0.2, 0.25) is 0 Å². The second kappa shape index (κ2) is 15.4. The number of carbonyl (C=O) groups is 2. The first kappa shape index (κ1) is 28.7. The molecular weight excluding hydrogens is 468 g/mol. The van der Waals surface area contributed by atoms with Crippen molar-refractivity contribution in [2.24, 2.45) is 5.92 Å². The van der Waals surface area contributed by atoms with E-state index in [4.69, 9.17) is 9.84 Å². The molecule has 0 spiro atoms. The number of carbonyl (C=O) groups excluding carboxylic acids is 2. The van der Waals surface area contributed by atoms with Crippen LogP contribution in [-0.2, 0) is 16.1 Å². The Labute approximate surface area is 220 Å². The van der Waals surface area contributed by atoms with Gasteiger partial charge in [-0.1, -0.05) is 74.6 Å². The van der Waals surface area contributed by atoms with Crippen LogP contribution in [-0.4, -0.2) is 59.3 Å². The summed E-state index contributed by atoms with van der Waals surface area (Å²) in [6, 6.07) is 16.5. The number of rotatable bonds is 10. The van der Waals surface area contributed by atoms with E-state index < -0.39 is 12.2 Å². The molecule has 2 aliphatic rings. The molecule has 37 heavy (non-hydrogen) atoms. The van der Waals surface area contributed by atoms with Gasteiger partial charge in [0.2, 0.25) is 6.41 Å². The summed E-state index contributed by atoms with van der Waals surface area (Å²) in [7, 11) is 0. The molecule has 3 N–H and O–H groups in total. The summed E-state index contributed by atoms with van der Waals surface area (Å²) >= 11 is 0. The number of ether oxygens (including phenoxy) is 1. The minimum atomic E-state index is -1.25. The highest BCUT2D eigenvalue weighted by Gasteiger charge is 2.27. The Hall–Kier alpha value is -2.90. The van der Waals surface area contributed by atoms with Gasteiger partial charge in [-0.3, -0.25) is 9.59 Å². The van der Waals surface area contributed by atoms with Crippen LogP contribution in [0.5, 0.6) is 5.75 Å². The normalized spacial score (nSPS) is 17.3. The molecule has 7 heteroatoms. The maximum Gasteiger partial charge on any atom is 0.254 e. The van der Waals surface area contributed by atoms with Crippen LogP contribution in [0.15, 0.2) is 48.5 Å². The third-order valence-electron chi connectivity index (χ3n) is 7.18. The Kier molecular flexibility index (Phi) is 11.9. The highest BCUT2D eigenvalue weighted by atomic mass is 16.5. The van der Waals surface area contributed by atoms with E-state index >= 15 is 0 Å². The number of likely N-dealkylation sites (tertiary alicyclic amines) is 1. The molecule has 2 aromatic rings. The van der Waals surface area contributed by atoms with Gasteiger partial charge in [0.05, 0.1) is 12.7 Å². The summed E-state index contributed by atoms with van der Waals surface area (Å²) in [5.74, 6) is 1.45. The lowest BCUT2D eigenvalue weighted by Crippen LogP contribution is -2.42. The summed E-state index contributed by atoms with van der Waals surface area (Å²) in [5, 5.41) is 20.9. The Bertz CT molecular complexity index is 947. The summed E-state index contributed by atoms with van der Waals surface area (Å²) in [6.07, 6.45) is 8.55. The number of nitrogens with zero attached hydrogens (tertiary/aromatic N) is 1. The first-order valence-electron chi connectivity index (χ1n) is 13.6. The van der Waals surface area contributed by atoms with E-state index in [0.29, 0.717) is 19.6 Å². The van der Waals surface area contributed by atoms with E-state index in [1.165, 1.54) is 39.0 Å². The number of aliphatic hydroxyl groups excluding tert-OH is 2. The molecular formula is C30H42N2O5. The molecule has 1 aliphatic carbocycles. The highest BCUT2D eigenvalue weighted by Crippen LogP contribution is 2.31. The molecule has 2 aromatic carbocycles. The number of aliphatic hydroxyl groups is 2. The lowest BCUT2D eigenvalue weighted by molar-refractivity contribution is -0.144. The molecule has 2 atom stereocenters. The van der Waals surface area contributed by atoms with Crippen molar-refractivity contribution in [3.8, 4) is 16.9 Å². The maximum absolute atomic E-state index is 11.3. The summed E-state index contributed by atoms with van der Waals surface area (Å²) in [4.78, 5) is 23.3. The van der Waals surface area contributed by atoms with Crippen molar-refractivity contribution in [2.75, 3.05) is 19.7 Å². The van der Waals surface area contributed by atoms with Gasteiger partial charge in [0.15, 0.2) is 6.10 Å². The first-order valence-corrected chi connectivity index (χ1v) is 13.6. The molecule has 7 nitrogen and oxygen atoms in total. The largest absolute Gasteiger partial charge is 0.493 e. The molecule has 202 valence electrons. The Morgan fingerprint density at radius 3 is 2.35 bits per heavy atom. The molecule has 2 amide bonds. The second-order valence-electron chi connectivity index (χ2n) is 10.1. The second-order valence-corrected chi connectivity index (χ2v) is 10.1. The number of amides is 2. The SMILES string of the molecule is C[C@H](O)[C@@H](O)C(=O)N1CCCC1.O=CNCc1ccc(-c2ccccc2OCCC2CCCCC2)cc1. The monoisotopic (exact) mass is 510 g/mol. The number of benzene rings is 2. The first-order chi connectivity index (χ1) is 18.0. The predicted octanol–water partition coefficient (Wildman–Crippen LogP) is 4.30. The van der Waals surface area contributed by atoms with Crippen LogP contribution in [0.4, 0.5) is 0 Å². The highest BCUT2D eigenvalue weighted by molar-refractivity contribution is 5.81. The van der Waals surface area contributed by atoms with Crippen LogP contribution >= 0.6 is 0 Å². The molecule has 0 aromatic heterocycles. The number of para-hydroxylation sites is 1. The Balaban J connectivity index is 0.000000266. The van der Waals surface area contributed by atoms with Gasteiger partial charge in [-0.2, -0.15) is 0 Å². The molecule has 4 rings (SSSR count). The number of nitrogens with one attached hydrogen (secondary N) is 1. The molecule has 1 saturated heterocycles. The molecule has 0 unspecified atom stereocenters. The van der Waals surface area contributed by atoms with Crippen molar-refractivity contribution in [1.82, 2.24) is 10.2 Å². The molecule has 0 radical (unpaired) electrons. The average Bonchev–Trinajstić information content (AvgIpc) is 3.48. The maximum atomic E-state index is 11.3. The van der Waals surface area contributed by atoms with Crippen LogP contribution in [0.1, 0.15) is 63.9 Å². The summed E-state index contributed by atoms with van der Waals surface area (Å²) in [5.41, 5.74) is 3.36. The fourth-order valence-corrected chi connectivity index (χ4v) is 4.93. The van der Waals surface area contributed by atoms with Crippen molar-refractivity contribution in [3.63, 3.8) is 0 Å². The van der Waals surface area contributed by atoms with Crippen molar-refractivity contribution in [1.29, 1.82) is 0 Å². The fourth-order valence-electron chi connectivity index (χ4n) is 4.93. The van der Waals surface area contributed by atoms with Crippen molar-refractivity contribution in [2.45, 2.75) is 77.0 Å². The molecule has 1 aliphatic heterocycles. The van der Waals surface area contributed by atoms with Gasteiger partial charge in [-0.15, -0.1) is 0 Å². The van der Waals surface area contributed by atoms with Gasteiger partial charge in [-0.25, -0.2) is 0 Å².